The number of hydrogen-bond acceptors (Lipinski definition) is 6. The van der Waals surface area contributed by atoms with Gasteiger partial charge < -0.3 is 14.8 Å². The molecule has 11 heteroatoms. The summed E-state index contributed by atoms with van der Waals surface area (Å²) < 4.78 is 24.3. The van der Waals surface area contributed by atoms with Crippen LogP contribution in [-0.2, 0) is 9.59 Å². The summed E-state index contributed by atoms with van der Waals surface area (Å²) >= 11 is 5.54. The zero-order chi connectivity index (χ0) is 27.2. The summed E-state index contributed by atoms with van der Waals surface area (Å²) in [5, 5.41) is 3.86. The number of carbonyl (C=O) groups excluding carboxylic acids is 3. The van der Waals surface area contributed by atoms with E-state index >= 15 is 0 Å². The number of carbonyl (C=O) groups is 3. The number of amides is 3. The number of hydrazine groups is 1. The van der Waals surface area contributed by atoms with Crippen LogP contribution in [0.1, 0.15) is 23.7 Å². The van der Waals surface area contributed by atoms with Crippen molar-refractivity contribution in [3.8, 4) is 11.5 Å². The van der Waals surface area contributed by atoms with Gasteiger partial charge in [0.2, 0.25) is 11.0 Å². The molecule has 0 bridgehead atoms. The molecule has 0 radical (unpaired) electrons. The van der Waals surface area contributed by atoms with Crippen molar-refractivity contribution in [3.05, 3.63) is 84.2 Å². The number of benzene rings is 3. The van der Waals surface area contributed by atoms with Crippen molar-refractivity contribution in [2.45, 2.75) is 19.4 Å². The number of thiocarbonyl (C=S) groups is 1. The molecule has 1 saturated heterocycles. The number of methoxy groups -OCH3 is 1. The summed E-state index contributed by atoms with van der Waals surface area (Å²) in [6.07, 6.45) is -0.325. The standard InChI is InChI=1S/C27H25FN4O5S/c1-3-37-22-9-5-8-19(15-22)29-24(33)16-23-26(35)31(20-10-12-21(36-2)13-11-20)27(38)32(23)30-25(34)17-6-4-7-18(28)14-17/h4-15,23H,3,16H2,1-2H3,(H,29,33)(H,30,34). The predicted molar refractivity (Wildman–Crippen MR) is 143 cm³/mol. The lowest BCUT2D eigenvalue weighted by Gasteiger charge is -2.24. The Morgan fingerprint density at radius 3 is 2.45 bits per heavy atom. The second-order valence-corrected chi connectivity index (χ2v) is 8.57. The van der Waals surface area contributed by atoms with E-state index in [4.69, 9.17) is 21.7 Å². The summed E-state index contributed by atoms with van der Waals surface area (Å²) in [5.41, 5.74) is 3.51. The molecule has 1 aliphatic rings. The number of anilines is 2. The summed E-state index contributed by atoms with van der Waals surface area (Å²) in [7, 11) is 1.52. The van der Waals surface area contributed by atoms with Gasteiger partial charge in [-0.2, -0.15) is 0 Å². The van der Waals surface area contributed by atoms with E-state index < -0.39 is 29.6 Å². The van der Waals surface area contributed by atoms with E-state index in [1.165, 1.54) is 30.2 Å². The van der Waals surface area contributed by atoms with Crippen molar-refractivity contribution < 1.29 is 28.2 Å². The Morgan fingerprint density at radius 1 is 1.03 bits per heavy atom. The molecule has 196 valence electrons. The minimum absolute atomic E-state index is 0.0269. The van der Waals surface area contributed by atoms with Gasteiger partial charge in [-0.05, 0) is 73.7 Å². The Morgan fingerprint density at radius 2 is 1.76 bits per heavy atom. The SMILES string of the molecule is CCOc1cccc(NC(=O)CC2C(=O)N(c3ccc(OC)cc3)C(=S)N2NC(=O)c2cccc(F)c2)c1. The van der Waals surface area contributed by atoms with Gasteiger partial charge in [0.25, 0.3) is 11.8 Å². The van der Waals surface area contributed by atoms with E-state index in [0.717, 1.165) is 11.1 Å². The summed E-state index contributed by atoms with van der Waals surface area (Å²) in [4.78, 5) is 40.7. The van der Waals surface area contributed by atoms with Crippen LogP contribution in [0.5, 0.6) is 11.5 Å². The zero-order valence-corrected chi connectivity index (χ0v) is 21.5. The zero-order valence-electron chi connectivity index (χ0n) is 20.6. The molecule has 2 N–H and O–H groups in total. The van der Waals surface area contributed by atoms with Crippen LogP contribution in [0, 0.1) is 5.82 Å². The molecule has 3 amide bonds. The first kappa shape index (κ1) is 26.6. The van der Waals surface area contributed by atoms with Crippen LogP contribution < -0.4 is 25.1 Å². The smallest absolute Gasteiger partial charge is 0.269 e. The van der Waals surface area contributed by atoms with Crippen molar-refractivity contribution >= 4 is 46.4 Å². The topological polar surface area (TPSA) is 100 Å². The number of hydrogen-bond donors (Lipinski definition) is 2. The molecule has 1 fully saturated rings. The maximum atomic E-state index is 13.7. The summed E-state index contributed by atoms with van der Waals surface area (Å²) in [6.45, 7) is 2.31. The van der Waals surface area contributed by atoms with Crippen LogP contribution in [0.25, 0.3) is 0 Å². The number of nitrogens with zero attached hydrogens (tertiary/aromatic N) is 2. The van der Waals surface area contributed by atoms with Gasteiger partial charge in [-0.25, -0.2) is 9.40 Å². The fourth-order valence-corrected chi connectivity index (χ4v) is 4.26. The largest absolute Gasteiger partial charge is 0.497 e. The third-order valence-electron chi connectivity index (χ3n) is 5.66. The molecule has 1 aliphatic heterocycles. The first-order valence-corrected chi connectivity index (χ1v) is 12.1. The van der Waals surface area contributed by atoms with Crippen molar-refractivity contribution in [2.75, 3.05) is 23.9 Å². The number of ether oxygens (including phenoxy) is 2. The Bertz CT molecular complexity index is 1370. The normalized spacial score (nSPS) is 14.9. The van der Waals surface area contributed by atoms with Crippen LogP contribution in [0.2, 0.25) is 0 Å². The predicted octanol–water partition coefficient (Wildman–Crippen LogP) is 3.91. The third-order valence-corrected chi connectivity index (χ3v) is 6.04. The van der Waals surface area contributed by atoms with Gasteiger partial charge in [-0.1, -0.05) is 12.1 Å². The molecule has 0 aromatic heterocycles. The van der Waals surface area contributed by atoms with Gasteiger partial charge >= 0.3 is 0 Å². The second-order valence-electron chi connectivity index (χ2n) is 8.20. The number of rotatable bonds is 9. The van der Waals surface area contributed by atoms with Crippen molar-refractivity contribution in [3.63, 3.8) is 0 Å². The Kier molecular flexibility index (Phi) is 8.17. The fourth-order valence-electron chi connectivity index (χ4n) is 3.89. The molecule has 3 aromatic carbocycles. The lowest BCUT2D eigenvalue weighted by Crippen LogP contribution is -2.49. The van der Waals surface area contributed by atoms with E-state index in [2.05, 4.69) is 10.7 Å². The average Bonchev–Trinajstić information content (AvgIpc) is 3.13. The monoisotopic (exact) mass is 536 g/mol. The molecule has 9 nitrogen and oxygen atoms in total. The molecule has 38 heavy (non-hydrogen) atoms. The fraction of sp³-hybridized carbons (Fsp3) is 0.185. The van der Waals surface area contributed by atoms with E-state index in [9.17, 15) is 18.8 Å². The Hall–Kier alpha value is -4.51. The van der Waals surface area contributed by atoms with Crippen LogP contribution in [0.15, 0.2) is 72.8 Å². The number of nitrogens with one attached hydrogen (secondary N) is 2. The van der Waals surface area contributed by atoms with Crippen LogP contribution in [0.3, 0.4) is 0 Å². The van der Waals surface area contributed by atoms with E-state index in [1.54, 1.807) is 48.5 Å². The minimum atomic E-state index is -1.16. The molecular formula is C27H25FN4O5S. The average molecular weight is 537 g/mol. The molecular weight excluding hydrogens is 511 g/mol. The highest BCUT2D eigenvalue weighted by atomic mass is 32.1. The highest BCUT2D eigenvalue weighted by Crippen LogP contribution is 2.28. The quantitative estimate of drug-likeness (QED) is 0.400. The van der Waals surface area contributed by atoms with Crippen LogP contribution in [-0.4, -0.2) is 47.6 Å². The minimum Gasteiger partial charge on any atom is -0.497 e. The number of halogens is 1. The molecule has 0 spiro atoms. The van der Waals surface area contributed by atoms with Crippen molar-refractivity contribution in [1.82, 2.24) is 10.4 Å². The van der Waals surface area contributed by atoms with Gasteiger partial charge in [0.05, 0.1) is 25.8 Å². The van der Waals surface area contributed by atoms with E-state index in [-0.39, 0.29) is 17.1 Å². The molecule has 0 saturated carbocycles. The summed E-state index contributed by atoms with van der Waals surface area (Å²) in [6, 6.07) is 17.4. The van der Waals surface area contributed by atoms with Crippen LogP contribution >= 0.6 is 12.2 Å². The van der Waals surface area contributed by atoms with Crippen LogP contribution in [0.4, 0.5) is 15.8 Å². The van der Waals surface area contributed by atoms with Gasteiger partial charge in [0, 0.05) is 17.3 Å². The Labute approximate surface area is 224 Å². The molecule has 0 aliphatic carbocycles. The Balaban J connectivity index is 1.59. The van der Waals surface area contributed by atoms with Gasteiger partial charge in [-0.15, -0.1) is 0 Å². The van der Waals surface area contributed by atoms with Gasteiger partial charge in [0.1, 0.15) is 23.4 Å². The molecule has 3 aromatic rings. The van der Waals surface area contributed by atoms with E-state index in [1.807, 2.05) is 6.92 Å². The first-order valence-electron chi connectivity index (χ1n) is 11.7. The van der Waals surface area contributed by atoms with E-state index in [0.29, 0.717) is 29.5 Å². The van der Waals surface area contributed by atoms with Gasteiger partial charge in [-0.3, -0.25) is 24.7 Å². The first-order chi connectivity index (χ1) is 18.3. The molecule has 1 heterocycles. The molecule has 4 rings (SSSR count). The maximum absolute atomic E-state index is 13.7. The van der Waals surface area contributed by atoms with Gasteiger partial charge in [0.15, 0.2) is 0 Å². The maximum Gasteiger partial charge on any atom is 0.269 e. The third kappa shape index (κ3) is 5.89. The molecule has 1 atom stereocenters. The van der Waals surface area contributed by atoms with Crippen molar-refractivity contribution in [2.24, 2.45) is 0 Å². The van der Waals surface area contributed by atoms with Crippen molar-refractivity contribution in [1.29, 1.82) is 0 Å². The lowest BCUT2D eigenvalue weighted by atomic mass is 10.1. The summed E-state index contributed by atoms with van der Waals surface area (Å²) in [5.74, 6) is -1.13. The highest BCUT2D eigenvalue weighted by molar-refractivity contribution is 7.80. The highest BCUT2D eigenvalue weighted by Gasteiger charge is 2.45. The lowest BCUT2D eigenvalue weighted by molar-refractivity contribution is -0.124. The molecule has 1 unspecified atom stereocenters. The second kappa shape index (κ2) is 11.7.